The molecule has 2 aliphatic heterocycles. The molecule has 0 aromatic heterocycles. The summed E-state index contributed by atoms with van der Waals surface area (Å²) in [6.45, 7) is 12.5. The van der Waals surface area contributed by atoms with E-state index < -0.39 is 12.1 Å². The highest BCUT2D eigenvalue weighted by Crippen LogP contribution is 2.62. The van der Waals surface area contributed by atoms with E-state index in [1.165, 1.54) is 40.7 Å². The quantitative estimate of drug-likeness (QED) is 0.142. The van der Waals surface area contributed by atoms with E-state index in [-0.39, 0.29) is 28.3 Å². The van der Waals surface area contributed by atoms with E-state index in [1.54, 1.807) is 0 Å². The number of allylic oxidation sites excluding steroid dienone is 1. The molecule has 0 unspecified atom stereocenters. The van der Waals surface area contributed by atoms with Gasteiger partial charge in [0.25, 0.3) is 0 Å². The molecule has 5 heteroatoms. The van der Waals surface area contributed by atoms with Gasteiger partial charge in [0.1, 0.15) is 12.2 Å². The number of rotatable bonds is 4. The van der Waals surface area contributed by atoms with Crippen molar-refractivity contribution >= 4 is 17.6 Å². The van der Waals surface area contributed by atoms with Crippen molar-refractivity contribution in [2.75, 3.05) is 13.6 Å². The largest absolute Gasteiger partial charge is 0.482 e. The van der Waals surface area contributed by atoms with Crippen LogP contribution >= 0.6 is 0 Å². The third-order valence-electron chi connectivity index (χ3n) is 12.2. The van der Waals surface area contributed by atoms with Gasteiger partial charge in [-0.1, -0.05) is 82.3 Å². The Morgan fingerprint density at radius 1 is 0.935 bits per heavy atom. The number of hydrogen-bond acceptors (Lipinski definition) is 5. The summed E-state index contributed by atoms with van der Waals surface area (Å²) < 4.78 is 12.6. The van der Waals surface area contributed by atoms with E-state index in [1.807, 2.05) is 36.4 Å². The smallest absolute Gasteiger partial charge is 0.343 e. The molecule has 3 aliphatic carbocycles. The number of aliphatic hydroxyl groups is 1. The maximum absolute atomic E-state index is 13.5. The average molecular weight is 616 g/mol. The van der Waals surface area contributed by atoms with E-state index in [0.29, 0.717) is 23.1 Å². The van der Waals surface area contributed by atoms with Gasteiger partial charge in [0.2, 0.25) is 0 Å². The van der Waals surface area contributed by atoms with Crippen molar-refractivity contribution in [3.8, 4) is 11.5 Å². The number of aliphatic hydroxyl groups excluding tert-OH is 1. The molecule has 46 heavy (non-hydrogen) atoms. The standard InChI is InChI=1S/C41H45NO4/c1-24(27-11-13-29-31(22-27)40(4,5)18-17-39(29,2)3)21-25-7-9-26(10-8-25)38(44)45-34-16-12-28-23-32-30-14-15-33(43)37-41(30,19-20-42(32)6)35(28)36(34)46-37/h7-16,21-22,30,32-33,37,43H,17-20,23H2,1-6H3/t30-,32+,33-,37-,41-/m0/s1. The highest BCUT2D eigenvalue weighted by molar-refractivity contribution is 5.92. The lowest BCUT2D eigenvalue weighted by atomic mass is 9.53. The van der Waals surface area contributed by atoms with Gasteiger partial charge in [0.05, 0.1) is 5.56 Å². The van der Waals surface area contributed by atoms with Crippen LogP contribution in [0.1, 0.15) is 97.6 Å². The Hall–Kier alpha value is -3.67. The van der Waals surface area contributed by atoms with Crippen molar-refractivity contribution in [2.24, 2.45) is 5.92 Å². The maximum atomic E-state index is 13.5. The zero-order chi connectivity index (χ0) is 32.2. The predicted molar refractivity (Wildman–Crippen MR) is 183 cm³/mol. The minimum Gasteiger partial charge on any atom is -0.482 e. The van der Waals surface area contributed by atoms with Gasteiger partial charge in [-0.15, -0.1) is 0 Å². The van der Waals surface area contributed by atoms with Crippen molar-refractivity contribution in [2.45, 2.75) is 94.8 Å². The first-order chi connectivity index (χ1) is 21.9. The topological polar surface area (TPSA) is 59.0 Å². The van der Waals surface area contributed by atoms with Crippen molar-refractivity contribution < 1.29 is 19.4 Å². The third kappa shape index (κ3) is 4.31. The van der Waals surface area contributed by atoms with Gasteiger partial charge < -0.3 is 19.5 Å². The summed E-state index contributed by atoms with van der Waals surface area (Å²) in [5, 5.41) is 11.0. The molecule has 238 valence electrons. The minimum atomic E-state index is -0.689. The van der Waals surface area contributed by atoms with Gasteiger partial charge in [0, 0.05) is 22.9 Å². The number of ether oxygens (including phenoxy) is 2. The summed E-state index contributed by atoms with van der Waals surface area (Å²) in [5.74, 6) is 0.932. The molecule has 2 bridgehead atoms. The third-order valence-corrected chi connectivity index (χ3v) is 12.2. The number of nitrogens with zero attached hydrogens (tertiary/aromatic N) is 1. The molecule has 0 saturated carbocycles. The lowest BCUT2D eigenvalue weighted by Gasteiger charge is -2.56. The summed E-state index contributed by atoms with van der Waals surface area (Å²) in [4.78, 5) is 15.9. The molecule has 5 atom stereocenters. The minimum absolute atomic E-state index is 0.164. The fourth-order valence-corrected chi connectivity index (χ4v) is 9.35. The van der Waals surface area contributed by atoms with Crippen LogP contribution in [0.25, 0.3) is 11.6 Å². The Labute approximate surface area is 272 Å². The number of esters is 1. The highest BCUT2D eigenvalue weighted by atomic mass is 16.6. The van der Waals surface area contributed by atoms with Crippen LogP contribution in [-0.2, 0) is 22.7 Å². The molecule has 8 rings (SSSR count). The summed E-state index contributed by atoms with van der Waals surface area (Å²) in [5.41, 5.74) is 9.34. The van der Waals surface area contributed by atoms with Crippen molar-refractivity contribution in [1.82, 2.24) is 4.90 Å². The average Bonchev–Trinajstić information content (AvgIpc) is 3.39. The summed E-state index contributed by atoms with van der Waals surface area (Å²) in [6.07, 6.45) is 9.45. The van der Waals surface area contributed by atoms with Crippen LogP contribution in [-0.4, -0.2) is 47.8 Å². The molecule has 1 fully saturated rings. The Bertz CT molecular complexity index is 1810. The second-order valence-corrected chi connectivity index (χ2v) is 15.8. The fraction of sp³-hybridized carbons (Fsp3) is 0.439. The molecular weight excluding hydrogens is 570 g/mol. The van der Waals surface area contributed by atoms with E-state index in [0.717, 1.165) is 30.5 Å². The summed E-state index contributed by atoms with van der Waals surface area (Å²) in [6, 6.07) is 18.9. The monoisotopic (exact) mass is 615 g/mol. The van der Waals surface area contributed by atoms with E-state index in [9.17, 15) is 9.90 Å². The number of likely N-dealkylation sites (N-methyl/N-ethyl adjacent to an activating group) is 1. The molecule has 1 saturated heterocycles. The first kappa shape index (κ1) is 29.7. The number of fused-ring (bicyclic) bond motifs is 1. The van der Waals surface area contributed by atoms with E-state index in [2.05, 4.69) is 83.0 Å². The molecule has 5 nitrogen and oxygen atoms in total. The van der Waals surface area contributed by atoms with Crippen LogP contribution < -0.4 is 9.47 Å². The molecule has 1 N–H and O–H groups in total. The molecule has 3 aromatic rings. The number of hydrogen-bond donors (Lipinski definition) is 1. The predicted octanol–water partition coefficient (Wildman–Crippen LogP) is 7.62. The lowest BCUT2D eigenvalue weighted by molar-refractivity contribution is -0.0453. The van der Waals surface area contributed by atoms with Gasteiger partial charge in [-0.25, -0.2) is 4.79 Å². The number of carbonyl (C=O) groups is 1. The van der Waals surface area contributed by atoms with Crippen molar-refractivity contribution in [3.63, 3.8) is 0 Å². The zero-order valence-corrected chi connectivity index (χ0v) is 27.9. The molecule has 1 spiro atoms. The second kappa shape index (κ2) is 10.2. The van der Waals surface area contributed by atoms with E-state index >= 15 is 0 Å². The van der Waals surface area contributed by atoms with Crippen LogP contribution in [0.3, 0.4) is 0 Å². The van der Waals surface area contributed by atoms with Crippen LogP contribution in [0.2, 0.25) is 0 Å². The molecule has 2 heterocycles. The summed E-state index contributed by atoms with van der Waals surface area (Å²) >= 11 is 0. The Morgan fingerprint density at radius 2 is 1.65 bits per heavy atom. The van der Waals surface area contributed by atoms with Gasteiger partial charge in [0.15, 0.2) is 11.5 Å². The molecule has 5 aliphatic rings. The zero-order valence-electron chi connectivity index (χ0n) is 27.9. The molecular formula is C41H45NO4. The van der Waals surface area contributed by atoms with Gasteiger partial charge in [-0.2, -0.15) is 0 Å². The van der Waals surface area contributed by atoms with Gasteiger partial charge in [-0.3, -0.25) is 0 Å². The molecule has 3 aromatic carbocycles. The van der Waals surface area contributed by atoms with Crippen LogP contribution in [0.4, 0.5) is 0 Å². The van der Waals surface area contributed by atoms with Crippen molar-refractivity contribution in [3.05, 3.63) is 106 Å². The maximum Gasteiger partial charge on any atom is 0.343 e. The Kier molecular flexibility index (Phi) is 6.56. The number of carbonyl (C=O) groups excluding carboxylic acids is 1. The van der Waals surface area contributed by atoms with Crippen LogP contribution in [0.5, 0.6) is 11.5 Å². The first-order valence-electron chi connectivity index (χ1n) is 16.9. The fourth-order valence-electron chi connectivity index (χ4n) is 9.35. The van der Waals surface area contributed by atoms with Crippen molar-refractivity contribution in [1.29, 1.82) is 0 Å². The number of likely N-dealkylation sites (tertiary alicyclic amines) is 1. The molecule has 0 radical (unpaired) electrons. The first-order valence-corrected chi connectivity index (χ1v) is 16.9. The lowest BCUT2D eigenvalue weighted by Crippen LogP contribution is -2.64. The van der Waals surface area contributed by atoms with Gasteiger partial charge >= 0.3 is 5.97 Å². The van der Waals surface area contributed by atoms with Crippen LogP contribution in [0, 0.1) is 5.92 Å². The second-order valence-electron chi connectivity index (χ2n) is 15.8. The molecule has 0 amide bonds. The number of piperidine rings is 1. The normalized spacial score (nSPS) is 29.8. The Balaban J connectivity index is 1.04. The number of benzene rings is 3. The SMILES string of the molecule is CC(=Cc1ccc(C(=O)Oc2ccc3c4c2O[C@H]2[C@@H](O)C=C[C@H]5[C@@H](C3)N(C)CC[C@@]452)cc1)c1ccc2c(c1)C(C)(C)CCC2(C)C. The Morgan fingerprint density at radius 3 is 2.41 bits per heavy atom. The van der Waals surface area contributed by atoms with Crippen LogP contribution in [0.15, 0.2) is 66.7 Å². The highest BCUT2D eigenvalue weighted by Gasteiger charge is 2.64. The van der Waals surface area contributed by atoms with Gasteiger partial charge in [-0.05, 0) is 109 Å². The van der Waals surface area contributed by atoms with E-state index in [4.69, 9.17) is 9.47 Å². The summed E-state index contributed by atoms with van der Waals surface area (Å²) in [7, 11) is 2.20.